The van der Waals surface area contributed by atoms with Gasteiger partial charge in [-0.2, -0.15) is 5.10 Å². The number of para-hydroxylation sites is 1. The van der Waals surface area contributed by atoms with Crippen LogP contribution in [0, 0.1) is 13.8 Å². The summed E-state index contributed by atoms with van der Waals surface area (Å²) in [4.78, 5) is 12.3. The van der Waals surface area contributed by atoms with E-state index in [1.807, 2.05) is 74.0 Å². The molecule has 3 rings (SSSR count). The van der Waals surface area contributed by atoms with Crippen LogP contribution in [0.4, 0.5) is 0 Å². The van der Waals surface area contributed by atoms with Crippen molar-refractivity contribution in [2.75, 3.05) is 13.7 Å². The number of ether oxygens (including phenoxy) is 2. The van der Waals surface area contributed by atoms with Crippen LogP contribution in [0.25, 0.3) is 11.8 Å². The second-order valence-electron chi connectivity index (χ2n) is 6.79. The monoisotopic (exact) mass is 405 g/mol. The average Bonchev–Trinajstić information content (AvgIpc) is 3.05. The minimum atomic E-state index is -0.172. The maximum absolute atomic E-state index is 12.3. The van der Waals surface area contributed by atoms with E-state index in [2.05, 4.69) is 10.4 Å². The Balaban J connectivity index is 1.66. The Kier molecular flexibility index (Phi) is 6.91. The molecule has 0 atom stereocenters. The molecule has 156 valence electrons. The lowest BCUT2D eigenvalue weighted by Crippen LogP contribution is -2.21. The number of methoxy groups -OCH3 is 1. The minimum Gasteiger partial charge on any atom is -0.493 e. The van der Waals surface area contributed by atoms with Crippen molar-refractivity contribution in [1.82, 2.24) is 15.1 Å². The Bertz CT molecular complexity index is 1040. The number of aromatic nitrogens is 2. The number of hydrogen-bond acceptors (Lipinski definition) is 4. The molecule has 1 amide bonds. The van der Waals surface area contributed by atoms with Crippen molar-refractivity contribution in [2.45, 2.75) is 27.3 Å². The lowest BCUT2D eigenvalue weighted by molar-refractivity contribution is -0.116. The second-order valence-corrected chi connectivity index (χ2v) is 6.79. The van der Waals surface area contributed by atoms with Crippen molar-refractivity contribution in [1.29, 1.82) is 0 Å². The summed E-state index contributed by atoms with van der Waals surface area (Å²) in [7, 11) is 1.60. The van der Waals surface area contributed by atoms with E-state index in [0.29, 0.717) is 24.7 Å². The standard InChI is InChI=1S/C24H27N3O3/c1-5-30-22-13-11-19(15-23(22)29-4)12-14-24(28)25-16-21-17(2)26-27(18(21)3)20-9-7-6-8-10-20/h6-15H,5,16H2,1-4H3,(H,25,28)/b14-12+. The summed E-state index contributed by atoms with van der Waals surface area (Å²) in [6, 6.07) is 15.5. The van der Waals surface area contributed by atoms with Gasteiger partial charge in [-0.3, -0.25) is 4.79 Å². The van der Waals surface area contributed by atoms with Gasteiger partial charge in [-0.05, 0) is 56.7 Å². The van der Waals surface area contributed by atoms with Gasteiger partial charge in [-0.1, -0.05) is 24.3 Å². The van der Waals surface area contributed by atoms with Gasteiger partial charge in [0.1, 0.15) is 0 Å². The molecule has 30 heavy (non-hydrogen) atoms. The smallest absolute Gasteiger partial charge is 0.244 e. The number of rotatable bonds is 8. The molecule has 0 aliphatic heterocycles. The first-order valence-corrected chi connectivity index (χ1v) is 9.90. The number of benzene rings is 2. The molecule has 1 N–H and O–H groups in total. The number of carbonyl (C=O) groups is 1. The van der Waals surface area contributed by atoms with Gasteiger partial charge in [0.25, 0.3) is 0 Å². The summed E-state index contributed by atoms with van der Waals surface area (Å²) < 4.78 is 12.8. The highest BCUT2D eigenvalue weighted by atomic mass is 16.5. The zero-order valence-corrected chi connectivity index (χ0v) is 17.8. The van der Waals surface area contributed by atoms with E-state index in [1.165, 1.54) is 6.08 Å². The number of carbonyl (C=O) groups excluding carboxylic acids is 1. The van der Waals surface area contributed by atoms with Crippen molar-refractivity contribution < 1.29 is 14.3 Å². The van der Waals surface area contributed by atoms with Crippen LogP contribution in [0.2, 0.25) is 0 Å². The van der Waals surface area contributed by atoms with Crippen LogP contribution in [-0.2, 0) is 11.3 Å². The van der Waals surface area contributed by atoms with E-state index in [0.717, 1.165) is 28.2 Å². The number of amides is 1. The SMILES string of the molecule is CCOc1ccc(/C=C/C(=O)NCc2c(C)nn(-c3ccccc3)c2C)cc1OC. The van der Waals surface area contributed by atoms with Gasteiger partial charge in [0.2, 0.25) is 5.91 Å². The van der Waals surface area contributed by atoms with Gasteiger partial charge in [-0.15, -0.1) is 0 Å². The molecular formula is C24H27N3O3. The lowest BCUT2D eigenvalue weighted by atomic mass is 10.1. The molecule has 0 aliphatic carbocycles. The average molecular weight is 405 g/mol. The van der Waals surface area contributed by atoms with E-state index in [1.54, 1.807) is 13.2 Å². The second kappa shape index (κ2) is 9.78. The van der Waals surface area contributed by atoms with Gasteiger partial charge >= 0.3 is 0 Å². The molecule has 3 aromatic rings. The Morgan fingerprint density at radius 1 is 1.13 bits per heavy atom. The Morgan fingerprint density at radius 3 is 2.60 bits per heavy atom. The molecule has 6 nitrogen and oxygen atoms in total. The molecule has 0 fully saturated rings. The number of aryl methyl sites for hydroxylation is 1. The van der Waals surface area contributed by atoms with Crippen LogP contribution >= 0.6 is 0 Å². The molecule has 0 radical (unpaired) electrons. The highest BCUT2D eigenvalue weighted by molar-refractivity contribution is 5.91. The van der Waals surface area contributed by atoms with Crippen LogP contribution in [-0.4, -0.2) is 29.4 Å². The highest BCUT2D eigenvalue weighted by Crippen LogP contribution is 2.28. The third-order valence-corrected chi connectivity index (χ3v) is 4.80. The van der Waals surface area contributed by atoms with Gasteiger partial charge in [0.05, 0.1) is 25.1 Å². The van der Waals surface area contributed by atoms with Crippen molar-refractivity contribution in [3.63, 3.8) is 0 Å². The topological polar surface area (TPSA) is 65.4 Å². The maximum atomic E-state index is 12.3. The van der Waals surface area contributed by atoms with Crippen LogP contribution in [0.3, 0.4) is 0 Å². The first-order chi connectivity index (χ1) is 14.5. The summed E-state index contributed by atoms with van der Waals surface area (Å²) in [6.45, 7) is 6.87. The number of nitrogens with one attached hydrogen (secondary N) is 1. The van der Waals surface area contributed by atoms with Gasteiger partial charge in [0.15, 0.2) is 11.5 Å². The van der Waals surface area contributed by atoms with Crippen molar-refractivity contribution >= 4 is 12.0 Å². The first kappa shape index (κ1) is 21.2. The zero-order valence-electron chi connectivity index (χ0n) is 17.8. The van der Waals surface area contributed by atoms with Crippen LogP contribution < -0.4 is 14.8 Å². The summed E-state index contributed by atoms with van der Waals surface area (Å²) in [5.41, 5.74) is 4.79. The van der Waals surface area contributed by atoms with E-state index >= 15 is 0 Å². The van der Waals surface area contributed by atoms with Crippen molar-refractivity contribution in [2.24, 2.45) is 0 Å². The van der Waals surface area contributed by atoms with E-state index < -0.39 is 0 Å². The lowest BCUT2D eigenvalue weighted by Gasteiger charge is -2.09. The minimum absolute atomic E-state index is 0.172. The Morgan fingerprint density at radius 2 is 1.90 bits per heavy atom. The van der Waals surface area contributed by atoms with Gasteiger partial charge in [-0.25, -0.2) is 4.68 Å². The maximum Gasteiger partial charge on any atom is 0.244 e. The summed E-state index contributed by atoms with van der Waals surface area (Å²) in [5.74, 6) is 1.15. The molecular weight excluding hydrogens is 378 g/mol. The third-order valence-electron chi connectivity index (χ3n) is 4.80. The van der Waals surface area contributed by atoms with E-state index in [4.69, 9.17) is 9.47 Å². The summed E-state index contributed by atoms with van der Waals surface area (Å²) >= 11 is 0. The Hall–Kier alpha value is -3.54. The molecule has 1 heterocycles. The quantitative estimate of drug-likeness (QED) is 0.570. The van der Waals surface area contributed by atoms with Crippen LogP contribution in [0.5, 0.6) is 11.5 Å². The third kappa shape index (κ3) is 4.89. The molecule has 1 aromatic heterocycles. The van der Waals surface area contributed by atoms with Crippen LogP contribution in [0.15, 0.2) is 54.6 Å². The predicted octanol–water partition coefficient (Wildman–Crippen LogP) is 4.23. The highest BCUT2D eigenvalue weighted by Gasteiger charge is 2.13. The van der Waals surface area contributed by atoms with Crippen molar-refractivity contribution in [3.05, 3.63) is 77.1 Å². The summed E-state index contributed by atoms with van der Waals surface area (Å²) in [5, 5.41) is 7.56. The molecule has 2 aromatic carbocycles. The summed E-state index contributed by atoms with van der Waals surface area (Å²) in [6.07, 6.45) is 3.27. The predicted molar refractivity (Wildman–Crippen MR) is 118 cm³/mol. The molecule has 0 spiro atoms. The molecule has 0 unspecified atom stereocenters. The fourth-order valence-corrected chi connectivity index (χ4v) is 3.22. The zero-order chi connectivity index (χ0) is 21.5. The van der Waals surface area contributed by atoms with E-state index in [-0.39, 0.29) is 5.91 Å². The molecule has 0 bridgehead atoms. The van der Waals surface area contributed by atoms with Crippen molar-refractivity contribution in [3.8, 4) is 17.2 Å². The number of nitrogens with zero attached hydrogens (tertiary/aromatic N) is 2. The fraction of sp³-hybridized carbons (Fsp3) is 0.250. The van der Waals surface area contributed by atoms with Crippen LogP contribution in [0.1, 0.15) is 29.4 Å². The Labute approximate surface area is 177 Å². The largest absolute Gasteiger partial charge is 0.493 e. The first-order valence-electron chi connectivity index (χ1n) is 9.90. The molecule has 0 saturated heterocycles. The van der Waals surface area contributed by atoms with Gasteiger partial charge in [0, 0.05) is 23.9 Å². The molecule has 0 aliphatic rings. The molecule has 6 heteroatoms. The normalized spacial score (nSPS) is 10.9. The fourth-order valence-electron chi connectivity index (χ4n) is 3.22. The van der Waals surface area contributed by atoms with Gasteiger partial charge < -0.3 is 14.8 Å². The van der Waals surface area contributed by atoms with E-state index in [9.17, 15) is 4.79 Å². The molecule has 0 saturated carbocycles. The number of hydrogen-bond donors (Lipinski definition) is 1.